The number of benzene rings is 1. The fourth-order valence-electron chi connectivity index (χ4n) is 3.23. The van der Waals surface area contributed by atoms with Crippen LogP contribution in [0.15, 0.2) is 61.7 Å². The molecule has 3 aromatic heterocycles. The zero-order valence-corrected chi connectivity index (χ0v) is 16.8. The number of nitrogens with zero attached hydrogens (tertiary/aromatic N) is 4. The molecule has 162 valence electrons. The molecule has 1 amide bonds. The Morgan fingerprint density at radius 1 is 1.12 bits per heavy atom. The quantitative estimate of drug-likeness (QED) is 0.481. The highest BCUT2D eigenvalue weighted by Gasteiger charge is 2.30. The van der Waals surface area contributed by atoms with Gasteiger partial charge in [-0.3, -0.25) is 4.79 Å². The van der Waals surface area contributed by atoms with Gasteiger partial charge in [-0.2, -0.15) is 13.2 Å². The summed E-state index contributed by atoms with van der Waals surface area (Å²) < 4.78 is 40.4. The molecule has 4 aromatic rings. The summed E-state index contributed by atoms with van der Waals surface area (Å²) >= 11 is 0. The number of nitrogens with one attached hydrogen (secondary N) is 1. The molecule has 0 bridgehead atoms. The van der Waals surface area contributed by atoms with E-state index in [4.69, 9.17) is 5.73 Å². The highest BCUT2D eigenvalue weighted by Crippen LogP contribution is 2.31. The molecule has 0 atom stereocenters. The normalized spacial score (nSPS) is 11.5. The summed E-state index contributed by atoms with van der Waals surface area (Å²) in [6, 6.07) is 8.07. The van der Waals surface area contributed by atoms with Crippen LogP contribution in [0.25, 0.3) is 22.3 Å². The first-order valence-corrected chi connectivity index (χ1v) is 9.37. The number of amides is 1. The van der Waals surface area contributed by atoms with E-state index in [-0.39, 0.29) is 11.4 Å². The van der Waals surface area contributed by atoms with Crippen LogP contribution >= 0.6 is 0 Å². The third kappa shape index (κ3) is 3.89. The van der Waals surface area contributed by atoms with Crippen LogP contribution in [0.2, 0.25) is 0 Å². The van der Waals surface area contributed by atoms with Crippen LogP contribution in [-0.4, -0.2) is 25.4 Å². The van der Waals surface area contributed by atoms with E-state index in [0.717, 1.165) is 29.5 Å². The van der Waals surface area contributed by atoms with Gasteiger partial charge in [0.15, 0.2) is 5.82 Å². The van der Waals surface area contributed by atoms with Gasteiger partial charge in [0.2, 0.25) is 0 Å². The summed E-state index contributed by atoms with van der Waals surface area (Å²) in [5.74, 6) is -0.493. The number of nitrogen functional groups attached to an aromatic ring is 1. The van der Waals surface area contributed by atoms with Crippen LogP contribution in [0.4, 0.5) is 24.8 Å². The molecule has 10 heteroatoms. The Hall–Kier alpha value is -4.21. The number of aromatic nitrogens is 4. The van der Waals surface area contributed by atoms with Crippen molar-refractivity contribution in [1.29, 1.82) is 0 Å². The molecule has 3 heterocycles. The van der Waals surface area contributed by atoms with Crippen LogP contribution in [0.5, 0.6) is 0 Å². The molecule has 0 spiro atoms. The number of alkyl halides is 3. The van der Waals surface area contributed by atoms with Crippen LogP contribution in [0.1, 0.15) is 28.4 Å². The molecule has 4 rings (SSSR count). The highest BCUT2D eigenvalue weighted by atomic mass is 19.4. The zero-order chi connectivity index (χ0) is 23.0. The number of allylic oxidation sites excluding steroid dienone is 1. The van der Waals surface area contributed by atoms with Gasteiger partial charge < -0.3 is 15.6 Å². The lowest BCUT2D eigenvalue weighted by molar-refractivity contribution is -0.137. The lowest BCUT2D eigenvalue weighted by atomic mass is 10.1. The molecular formula is C22H17F3N6O. The number of hydrogen-bond donors (Lipinski definition) is 2. The third-order valence-electron chi connectivity index (χ3n) is 4.80. The Morgan fingerprint density at radius 2 is 1.84 bits per heavy atom. The number of pyridine rings is 1. The molecule has 0 radical (unpaired) electrons. The lowest BCUT2D eigenvalue weighted by Crippen LogP contribution is -2.14. The maximum absolute atomic E-state index is 12.9. The summed E-state index contributed by atoms with van der Waals surface area (Å²) in [5, 5.41) is 2.38. The third-order valence-corrected chi connectivity index (χ3v) is 4.80. The summed E-state index contributed by atoms with van der Waals surface area (Å²) in [7, 11) is 0. The second kappa shape index (κ2) is 7.80. The van der Waals surface area contributed by atoms with Crippen molar-refractivity contribution >= 4 is 34.1 Å². The number of rotatable bonds is 4. The number of anilines is 2. The van der Waals surface area contributed by atoms with Crippen LogP contribution in [0.3, 0.4) is 0 Å². The molecule has 0 fully saturated rings. The number of carbonyl (C=O) groups excluding carboxylic acids is 1. The van der Waals surface area contributed by atoms with Crippen molar-refractivity contribution in [2.75, 3.05) is 11.1 Å². The van der Waals surface area contributed by atoms with Gasteiger partial charge in [-0.1, -0.05) is 6.58 Å². The lowest BCUT2D eigenvalue weighted by Gasteiger charge is -2.10. The minimum absolute atomic E-state index is 0.193. The van der Waals surface area contributed by atoms with E-state index >= 15 is 0 Å². The maximum atomic E-state index is 12.9. The van der Waals surface area contributed by atoms with E-state index in [1.54, 1.807) is 28.8 Å². The number of fused-ring (bicyclic) bond motifs is 1. The SMILES string of the molecule is C=C(C)c1cn(-c2ccc(C(=O)Nc3cc(C(F)(F)F)ccn3)cc2)c2c(N)ncnc12. The molecule has 1 aromatic carbocycles. The number of nitrogens with two attached hydrogens (primary N) is 1. The minimum Gasteiger partial charge on any atom is -0.382 e. The smallest absolute Gasteiger partial charge is 0.382 e. The van der Waals surface area contributed by atoms with Crippen molar-refractivity contribution in [3.63, 3.8) is 0 Å². The Kier molecular flexibility index (Phi) is 5.13. The molecule has 0 aliphatic carbocycles. The average molecular weight is 438 g/mol. The molecular weight excluding hydrogens is 421 g/mol. The molecule has 0 aliphatic heterocycles. The summed E-state index contributed by atoms with van der Waals surface area (Å²) in [6.07, 6.45) is -0.328. The first kappa shape index (κ1) is 21.0. The van der Waals surface area contributed by atoms with Gasteiger partial charge >= 0.3 is 6.18 Å². The van der Waals surface area contributed by atoms with Crippen LogP contribution < -0.4 is 11.1 Å². The first-order valence-electron chi connectivity index (χ1n) is 9.37. The van der Waals surface area contributed by atoms with Gasteiger partial charge in [0.05, 0.1) is 5.56 Å². The average Bonchev–Trinajstić information content (AvgIpc) is 3.15. The Balaban J connectivity index is 1.63. The van der Waals surface area contributed by atoms with Crippen molar-refractivity contribution in [1.82, 2.24) is 19.5 Å². The Bertz CT molecular complexity index is 1340. The number of carbonyl (C=O) groups is 1. The van der Waals surface area contributed by atoms with Crippen molar-refractivity contribution in [2.45, 2.75) is 13.1 Å². The molecule has 3 N–H and O–H groups in total. The van der Waals surface area contributed by atoms with Gasteiger partial charge in [0.25, 0.3) is 5.91 Å². The molecule has 7 nitrogen and oxygen atoms in total. The van der Waals surface area contributed by atoms with Crippen LogP contribution in [0, 0.1) is 0 Å². The van der Waals surface area contributed by atoms with Crippen molar-refractivity contribution in [2.24, 2.45) is 0 Å². The molecule has 0 saturated carbocycles. The van der Waals surface area contributed by atoms with Gasteiger partial charge in [-0.05, 0) is 48.9 Å². The standard InChI is InChI=1S/C22H17F3N6O/c1-12(2)16-10-31(19-18(16)28-11-29-20(19)26)15-5-3-13(4-6-15)21(32)30-17-9-14(7-8-27-17)22(23,24)25/h3-11H,1H2,2H3,(H2,26,28,29)(H,27,30,32). The van der Waals surface area contributed by atoms with E-state index in [0.29, 0.717) is 22.5 Å². The maximum Gasteiger partial charge on any atom is 0.416 e. The van der Waals surface area contributed by atoms with Gasteiger partial charge in [-0.15, -0.1) is 0 Å². The molecule has 0 unspecified atom stereocenters. The highest BCUT2D eigenvalue weighted by molar-refractivity contribution is 6.04. The van der Waals surface area contributed by atoms with Crippen molar-refractivity contribution in [3.8, 4) is 5.69 Å². The number of halogens is 3. The molecule has 32 heavy (non-hydrogen) atoms. The second-order valence-electron chi connectivity index (χ2n) is 7.08. The Morgan fingerprint density at radius 3 is 2.50 bits per heavy atom. The van der Waals surface area contributed by atoms with Gasteiger partial charge in [0.1, 0.15) is 23.2 Å². The fraction of sp³-hybridized carbons (Fsp3) is 0.0909. The summed E-state index contributed by atoms with van der Waals surface area (Å²) in [6.45, 7) is 5.82. The van der Waals surface area contributed by atoms with Gasteiger partial charge in [-0.25, -0.2) is 15.0 Å². The van der Waals surface area contributed by atoms with E-state index < -0.39 is 17.6 Å². The van der Waals surface area contributed by atoms with Crippen LogP contribution in [-0.2, 0) is 6.18 Å². The number of hydrogen-bond acceptors (Lipinski definition) is 5. The molecule has 0 saturated heterocycles. The second-order valence-corrected chi connectivity index (χ2v) is 7.08. The van der Waals surface area contributed by atoms with Crippen molar-refractivity contribution < 1.29 is 18.0 Å². The van der Waals surface area contributed by atoms with E-state index in [9.17, 15) is 18.0 Å². The Labute approximate surface area is 180 Å². The largest absolute Gasteiger partial charge is 0.416 e. The molecule has 0 aliphatic rings. The minimum atomic E-state index is -4.53. The van der Waals surface area contributed by atoms with E-state index in [1.807, 2.05) is 13.1 Å². The van der Waals surface area contributed by atoms with Gasteiger partial charge in [0, 0.05) is 29.2 Å². The predicted octanol–water partition coefficient (Wildman–Crippen LogP) is 4.70. The summed E-state index contributed by atoms with van der Waals surface area (Å²) in [4.78, 5) is 24.6. The fourth-order valence-corrected chi connectivity index (χ4v) is 3.23. The topological polar surface area (TPSA) is 98.7 Å². The zero-order valence-electron chi connectivity index (χ0n) is 16.8. The monoisotopic (exact) mass is 438 g/mol. The van der Waals surface area contributed by atoms with Crippen molar-refractivity contribution in [3.05, 3.63) is 78.4 Å². The predicted molar refractivity (Wildman–Crippen MR) is 115 cm³/mol. The first-order chi connectivity index (χ1) is 15.1. The summed E-state index contributed by atoms with van der Waals surface area (Å²) in [5.41, 5.74) is 8.98. The van der Waals surface area contributed by atoms with E-state index in [2.05, 4.69) is 26.8 Å². The van der Waals surface area contributed by atoms with E-state index in [1.165, 1.54) is 6.33 Å².